The van der Waals surface area contributed by atoms with Gasteiger partial charge >= 0.3 is 0 Å². The maximum absolute atomic E-state index is 5.73. The van der Waals surface area contributed by atoms with Gasteiger partial charge in [0.05, 0.1) is 12.2 Å². The molecule has 2 aliphatic heterocycles. The molecule has 0 saturated heterocycles. The molecule has 0 spiro atoms. The van der Waals surface area contributed by atoms with Crippen LogP contribution in [0.4, 0.5) is 17.3 Å². The first-order valence-corrected chi connectivity index (χ1v) is 9.47. The third-order valence-corrected chi connectivity index (χ3v) is 5.18. The highest BCUT2D eigenvalue weighted by molar-refractivity contribution is 5.68. The first-order chi connectivity index (χ1) is 12.6. The van der Waals surface area contributed by atoms with Crippen molar-refractivity contribution < 1.29 is 4.74 Å². The molecule has 3 N–H and O–H groups in total. The van der Waals surface area contributed by atoms with E-state index in [9.17, 15) is 0 Å². The maximum atomic E-state index is 5.73. The van der Waals surface area contributed by atoms with Gasteiger partial charge in [0.25, 0.3) is 0 Å². The minimum atomic E-state index is 0.358. The average Bonchev–Trinajstić information content (AvgIpc) is 2.67. The Kier molecular flexibility index (Phi) is 4.57. The van der Waals surface area contributed by atoms with Crippen LogP contribution in [0.5, 0.6) is 5.75 Å². The molecule has 1 unspecified atom stereocenters. The molecule has 2 aromatic heterocycles. The standard InChI is InChI=1S/C20H27N5O/c1-12(2)14-7-17-19(22-9-14)24-11-16(25-17)6-13(3)15-8-18-20(23-10-15)21-4-5-26-18/h7-10,12-13,16,25H,4-6,11H2,1-3H3,(H,21,23)(H,22,24)/t13-,16?/m0/s1. The lowest BCUT2D eigenvalue weighted by Crippen LogP contribution is -2.34. The summed E-state index contributed by atoms with van der Waals surface area (Å²) in [6.45, 7) is 9.03. The summed E-state index contributed by atoms with van der Waals surface area (Å²) < 4.78 is 5.73. The Bertz CT molecular complexity index is 792. The number of nitrogens with zero attached hydrogens (tertiary/aromatic N) is 2. The lowest BCUT2D eigenvalue weighted by molar-refractivity contribution is 0.320. The second-order valence-electron chi connectivity index (χ2n) is 7.57. The highest BCUT2D eigenvalue weighted by atomic mass is 16.5. The van der Waals surface area contributed by atoms with Gasteiger partial charge in [-0.25, -0.2) is 9.97 Å². The fourth-order valence-electron chi connectivity index (χ4n) is 3.55. The molecule has 0 bridgehead atoms. The van der Waals surface area contributed by atoms with E-state index in [0.717, 1.165) is 42.6 Å². The SMILES string of the molecule is CC(C)c1cnc2c(c1)NC(C[C@H](C)c1cnc3c(c1)OCCN3)CN2. The Morgan fingerprint density at radius 3 is 2.73 bits per heavy atom. The summed E-state index contributed by atoms with van der Waals surface area (Å²) in [5.74, 6) is 3.54. The van der Waals surface area contributed by atoms with E-state index in [4.69, 9.17) is 4.74 Å². The van der Waals surface area contributed by atoms with Gasteiger partial charge in [0.1, 0.15) is 12.4 Å². The highest BCUT2D eigenvalue weighted by Gasteiger charge is 2.22. The molecule has 26 heavy (non-hydrogen) atoms. The minimum absolute atomic E-state index is 0.358. The Morgan fingerprint density at radius 1 is 1.08 bits per heavy atom. The van der Waals surface area contributed by atoms with Crippen molar-refractivity contribution in [1.29, 1.82) is 0 Å². The molecule has 4 rings (SSSR count). The number of rotatable bonds is 4. The second-order valence-corrected chi connectivity index (χ2v) is 7.57. The van der Waals surface area contributed by atoms with E-state index in [1.165, 1.54) is 11.1 Å². The fourth-order valence-corrected chi connectivity index (χ4v) is 3.55. The van der Waals surface area contributed by atoms with E-state index in [1.54, 1.807) is 0 Å². The Labute approximate surface area is 154 Å². The fraction of sp³-hybridized carbons (Fsp3) is 0.500. The summed E-state index contributed by atoms with van der Waals surface area (Å²) in [6.07, 6.45) is 4.95. The molecule has 0 saturated carbocycles. The lowest BCUT2D eigenvalue weighted by Gasteiger charge is -2.30. The number of fused-ring (bicyclic) bond motifs is 2. The van der Waals surface area contributed by atoms with Crippen molar-refractivity contribution in [1.82, 2.24) is 9.97 Å². The van der Waals surface area contributed by atoms with Crippen molar-refractivity contribution in [3.05, 3.63) is 35.7 Å². The van der Waals surface area contributed by atoms with E-state index in [2.05, 4.69) is 58.8 Å². The van der Waals surface area contributed by atoms with Crippen molar-refractivity contribution in [2.24, 2.45) is 0 Å². The molecule has 0 amide bonds. The van der Waals surface area contributed by atoms with Crippen LogP contribution in [0.1, 0.15) is 50.2 Å². The molecular formula is C20H27N5O. The van der Waals surface area contributed by atoms with Crippen molar-refractivity contribution >= 4 is 17.3 Å². The lowest BCUT2D eigenvalue weighted by atomic mass is 9.93. The summed E-state index contributed by atoms with van der Waals surface area (Å²) in [5.41, 5.74) is 3.58. The van der Waals surface area contributed by atoms with Gasteiger partial charge in [0.15, 0.2) is 11.6 Å². The van der Waals surface area contributed by atoms with Crippen LogP contribution in [0.15, 0.2) is 24.5 Å². The van der Waals surface area contributed by atoms with Gasteiger partial charge < -0.3 is 20.7 Å². The van der Waals surface area contributed by atoms with Crippen molar-refractivity contribution in [3.8, 4) is 5.75 Å². The molecule has 2 aliphatic rings. The van der Waals surface area contributed by atoms with Crippen molar-refractivity contribution in [3.63, 3.8) is 0 Å². The zero-order valence-electron chi connectivity index (χ0n) is 15.7. The second kappa shape index (κ2) is 7.02. The van der Waals surface area contributed by atoms with Crippen LogP contribution in [0.3, 0.4) is 0 Å². The van der Waals surface area contributed by atoms with Gasteiger partial charge in [0, 0.05) is 25.0 Å². The molecule has 0 aromatic carbocycles. The van der Waals surface area contributed by atoms with E-state index >= 15 is 0 Å². The number of pyridine rings is 2. The van der Waals surface area contributed by atoms with Gasteiger partial charge in [0.2, 0.25) is 0 Å². The minimum Gasteiger partial charge on any atom is -0.488 e. The first-order valence-electron chi connectivity index (χ1n) is 9.47. The number of nitrogens with one attached hydrogen (secondary N) is 3. The Balaban J connectivity index is 1.45. The summed E-state index contributed by atoms with van der Waals surface area (Å²) in [7, 11) is 0. The molecule has 0 radical (unpaired) electrons. The average molecular weight is 353 g/mol. The van der Waals surface area contributed by atoms with Gasteiger partial charge in [-0.3, -0.25) is 0 Å². The summed E-state index contributed by atoms with van der Waals surface area (Å²) in [5, 5.41) is 10.4. The van der Waals surface area contributed by atoms with E-state index in [1.807, 2.05) is 12.4 Å². The Morgan fingerprint density at radius 2 is 1.88 bits per heavy atom. The Hall–Kier alpha value is -2.50. The number of hydrogen-bond donors (Lipinski definition) is 3. The quantitative estimate of drug-likeness (QED) is 0.776. The number of ether oxygens (including phenoxy) is 1. The number of aromatic nitrogens is 2. The largest absolute Gasteiger partial charge is 0.488 e. The molecule has 138 valence electrons. The van der Waals surface area contributed by atoms with Crippen LogP contribution >= 0.6 is 0 Å². The van der Waals surface area contributed by atoms with Crippen LogP contribution in [0, 0.1) is 0 Å². The number of anilines is 3. The van der Waals surface area contributed by atoms with Crippen LogP contribution in [-0.2, 0) is 0 Å². The van der Waals surface area contributed by atoms with Crippen LogP contribution in [0.2, 0.25) is 0 Å². The topological polar surface area (TPSA) is 71.1 Å². The zero-order valence-corrected chi connectivity index (χ0v) is 15.7. The van der Waals surface area contributed by atoms with Crippen molar-refractivity contribution in [2.75, 3.05) is 35.6 Å². The molecular weight excluding hydrogens is 326 g/mol. The van der Waals surface area contributed by atoms with E-state index in [-0.39, 0.29) is 0 Å². The summed E-state index contributed by atoms with van der Waals surface area (Å²) in [4.78, 5) is 9.07. The normalized spacial score (nSPS) is 19.3. The monoisotopic (exact) mass is 353 g/mol. The van der Waals surface area contributed by atoms with Gasteiger partial charge in [-0.1, -0.05) is 20.8 Å². The number of hydrogen-bond acceptors (Lipinski definition) is 6. The van der Waals surface area contributed by atoms with Gasteiger partial charge in [-0.05, 0) is 41.5 Å². The van der Waals surface area contributed by atoms with E-state index < -0.39 is 0 Å². The first kappa shape index (κ1) is 16.9. The summed E-state index contributed by atoms with van der Waals surface area (Å²) in [6, 6.07) is 4.70. The predicted octanol–water partition coefficient (Wildman–Crippen LogP) is 3.80. The van der Waals surface area contributed by atoms with Crippen LogP contribution in [0.25, 0.3) is 0 Å². The van der Waals surface area contributed by atoms with Gasteiger partial charge in [-0.15, -0.1) is 0 Å². The molecule has 2 aromatic rings. The molecule has 6 heteroatoms. The zero-order chi connectivity index (χ0) is 18.1. The maximum Gasteiger partial charge on any atom is 0.168 e. The van der Waals surface area contributed by atoms with Crippen LogP contribution in [-0.4, -0.2) is 35.7 Å². The molecule has 2 atom stereocenters. The summed E-state index contributed by atoms with van der Waals surface area (Å²) >= 11 is 0. The molecule has 0 fully saturated rings. The molecule has 4 heterocycles. The molecule has 0 aliphatic carbocycles. The third-order valence-electron chi connectivity index (χ3n) is 5.18. The van der Waals surface area contributed by atoms with Crippen molar-refractivity contribution in [2.45, 2.75) is 45.1 Å². The van der Waals surface area contributed by atoms with E-state index in [0.29, 0.717) is 24.5 Å². The smallest absolute Gasteiger partial charge is 0.168 e. The van der Waals surface area contributed by atoms with Crippen LogP contribution < -0.4 is 20.7 Å². The highest BCUT2D eigenvalue weighted by Crippen LogP contribution is 2.33. The molecule has 6 nitrogen and oxygen atoms in total. The third kappa shape index (κ3) is 3.41. The van der Waals surface area contributed by atoms with Gasteiger partial charge in [-0.2, -0.15) is 0 Å². The predicted molar refractivity (Wildman–Crippen MR) is 105 cm³/mol.